The lowest BCUT2D eigenvalue weighted by atomic mass is 9.97. The van der Waals surface area contributed by atoms with Crippen molar-refractivity contribution in [3.63, 3.8) is 0 Å². The summed E-state index contributed by atoms with van der Waals surface area (Å²) in [4.78, 5) is 16.9. The van der Waals surface area contributed by atoms with Crippen LogP contribution in [0, 0.1) is 0 Å². The van der Waals surface area contributed by atoms with Crippen LogP contribution < -0.4 is 4.74 Å². The van der Waals surface area contributed by atoms with Gasteiger partial charge >= 0.3 is 5.97 Å². The Balaban J connectivity index is 1.64. The number of alkyl halides is 1. The first-order chi connectivity index (χ1) is 17.4. The van der Waals surface area contributed by atoms with Crippen molar-refractivity contribution in [1.29, 1.82) is 0 Å². The van der Waals surface area contributed by atoms with Crippen LogP contribution in [0.4, 0.5) is 4.39 Å². The van der Waals surface area contributed by atoms with E-state index in [0.29, 0.717) is 12.2 Å². The van der Waals surface area contributed by atoms with Crippen molar-refractivity contribution in [2.45, 2.75) is 90.6 Å². The molecule has 192 valence electrons. The van der Waals surface area contributed by atoms with Crippen molar-refractivity contribution in [1.82, 2.24) is 4.98 Å². The highest BCUT2D eigenvalue weighted by Gasteiger charge is 2.34. The number of nitrogens with zero attached hydrogens (tertiary/aromatic N) is 1. The van der Waals surface area contributed by atoms with E-state index in [-0.39, 0.29) is 6.42 Å². The fourth-order valence-electron chi connectivity index (χ4n) is 4.46. The smallest absolute Gasteiger partial charge is 0.348 e. The third kappa shape index (κ3) is 8.01. The number of ether oxygens (including phenoxy) is 1. The van der Waals surface area contributed by atoms with Gasteiger partial charge in [0, 0.05) is 11.8 Å². The number of benzene rings is 2. The second kappa shape index (κ2) is 13.9. The normalized spacial score (nSPS) is 12.8. The van der Waals surface area contributed by atoms with Gasteiger partial charge in [0.15, 0.2) is 0 Å². The molecule has 0 saturated carbocycles. The van der Waals surface area contributed by atoms with E-state index in [4.69, 9.17) is 9.72 Å². The Morgan fingerprint density at radius 3 is 2.14 bits per heavy atom. The Morgan fingerprint density at radius 1 is 0.833 bits per heavy atom. The SMILES string of the molecule is CCCCCCCCCc1ccc(-c2ccccc2-c2ccc(OC(=O)C(C)(F)CCC)cc2)nc1. The molecule has 36 heavy (non-hydrogen) atoms. The first-order valence-corrected chi connectivity index (χ1v) is 13.5. The lowest BCUT2D eigenvalue weighted by Gasteiger charge is -2.17. The fourth-order valence-corrected chi connectivity index (χ4v) is 4.46. The van der Waals surface area contributed by atoms with Crippen LogP contribution in [0.3, 0.4) is 0 Å². The number of halogens is 1. The van der Waals surface area contributed by atoms with Gasteiger partial charge in [-0.1, -0.05) is 101 Å². The Bertz CT molecular complexity index is 1070. The lowest BCUT2D eigenvalue weighted by molar-refractivity contribution is -0.147. The molecule has 3 nitrogen and oxygen atoms in total. The number of rotatable bonds is 14. The summed E-state index contributed by atoms with van der Waals surface area (Å²) in [7, 11) is 0. The molecular weight excluding hydrogens is 449 g/mol. The molecule has 1 atom stereocenters. The van der Waals surface area contributed by atoms with Crippen molar-refractivity contribution in [3.05, 3.63) is 72.4 Å². The number of esters is 1. The van der Waals surface area contributed by atoms with Crippen molar-refractivity contribution < 1.29 is 13.9 Å². The van der Waals surface area contributed by atoms with Gasteiger partial charge in [0.2, 0.25) is 5.67 Å². The van der Waals surface area contributed by atoms with E-state index in [1.807, 2.05) is 37.4 Å². The molecule has 4 heteroatoms. The van der Waals surface area contributed by atoms with Gasteiger partial charge in [-0.2, -0.15) is 0 Å². The number of aromatic nitrogens is 1. The van der Waals surface area contributed by atoms with Crippen molar-refractivity contribution in [2.24, 2.45) is 0 Å². The number of pyridine rings is 1. The molecule has 1 heterocycles. The zero-order valence-corrected chi connectivity index (χ0v) is 22.1. The minimum Gasteiger partial charge on any atom is -0.424 e. The molecule has 3 aromatic rings. The van der Waals surface area contributed by atoms with Crippen LogP contribution >= 0.6 is 0 Å². The van der Waals surface area contributed by atoms with Crippen LogP contribution in [0.5, 0.6) is 5.75 Å². The standard InChI is InChI=1S/C32H40FNO2/c1-4-6-7-8-9-10-11-14-25-17-22-30(34-24-25)29-16-13-12-15-28(29)26-18-20-27(21-19-26)36-31(35)32(3,33)23-5-2/h12-13,15-22,24H,4-11,14,23H2,1-3H3. The van der Waals surface area contributed by atoms with E-state index in [0.717, 1.165) is 28.8 Å². The minimum atomic E-state index is -1.98. The summed E-state index contributed by atoms with van der Waals surface area (Å²) in [6.07, 6.45) is 12.9. The van der Waals surface area contributed by atoms with E-state index in [9.17, 15) is 9.18 Å². The minimum absolute atomic E-state index is 0.141. The summed E-state index contributed by atoms with van der Waals surface area (Å²) in [5.41, 5.74) is 3.30. The third-order valence-electron chi connectivity index (χ3n) is 6.62. The predicted octanol–water partition coefficient (Wildman–Crippen LogP) is 9.14. The third-order valence-corrected chi connectivity index (χ3v) is 6.62. The van der Waals surface area contributed by atoms with Gasteiger partial charge in [-0.25, -0.2) is 9.18 Å². The molecule has 0 spiro atoms. The molecule has 0 radical (unpaired) electrons. The molecule has 2 aromatic carbocycles. The van der Waals surface area contributed by atoms with E-state index in [1.165, 1.54) is 57.4 Å². The highest BCUT2D eigenvalue weighted by atomic mass is 19.1. The highest BCUT2D eigenvalue weighted by molar-refractivity contribution is 5.83. The molecule has 0 fully saturated rings. The van der Waals surface area contributed by atoms with Crippen LogP contribution in [0.15, 0.2) is 66.9 Å². The largest absolute Gasteiger partial charge is 0.424 e. The fraction of sp³-hybridized carbons (Fsp3) is 0.438. The molecule has 0 saturated heterocycles. The van der Waals surface area contributed by atoms with Gasteiger partial charge in [0.1, 0.15) is 5.75 Å². The monoisotopic (exact) mass is 489 g/mol. The maximum absolute atomic E-state index is 14.4. The van der Waals surface area contributed by atoms with Gasteiger partial charge in [-0.3, -0.25) is 4.98 Å². The highest BCUT2D eigenvalue weighted by Crippen LogP contribution is 2.32. The van der Waals surface area contributed by atoms with Crippen molar-refractivity contribution >= 4 is 5.97 Å². The quantitative estimate of drug-likeness (QED) is 0.129. The number of carbonyl (C=O) groups excluding carboxylic acids is 1. The van der Waals surface area contributed by atoms with E-state index < -0.39 is 11.6 Å². The molecule has 0 aliphatic rings. The van der Waals surface area contributed by atoms with Crippen LogP contribution in [0.2, 0.25) is 0 Å². The van der Waals surface area contributed by atoms with Gasteiger partial charge in [-0.05, 0) is 61.1 Å². The Labute approximate surface area is 216 Å². The number of carbonyl (C=O) groups is 1. The van der Waals surface area contributed by atoms with Gasteiger partial charge in [0.25, 0.3) is 0 Å². The maximum atomic E-state index is 14.4. The molecule has 1 unspecified atom stereocenters. The van der Waals surface area contributed by atoms with E-state index in [2.05, 4.69) is 31.2 Å². The molecule has 3 rings (SSSR count). The number of hydrogen-bond acceptors (Lipinski definition) is 3. The Morgan fingerprint density at radius 2 is 1.50 bits per heavy atom. The summed E-state index contributed by atoms with van der Waals surface area (Å²) in [5, 5.41) is 0. The lowest BCUT2D eigenvalue weighted by Crippen LogP contribution is -2.34. The number of aryl methyl sites for hydroxylation is 1. The molecule has 0 bridgehead atoms. The van der Waals surface area contributed by atoms with Crippen LogP contribution in [-0.4, -0.2) is 16.6 Å². The zero-order chi connectivity index (χ0) is 25.8. The van der Waals surface area contributed by atoms with Gasteiger partial charge < -0.3 is 4.74 Å². The molecule has 0 aliphatic heterocycles. The molecule has 0 aliphatic carbocycles. The average molecular weight is 490 g/mol. The molecule has 1 aromatic heterocycles. The topological polar surface area (TPSA) is 39.2 Å². The Hall–Kier alpha value is -3.01. The van der Waals surface area contributed by atoms with E-state index in [1.54, 1.807) is 12.1 Å². The van der Waals surface area contributed by atoms with Crippen molar-refractivity contribution in [2.75, 3.05) is 0 Å². The van der Waals surface area contributed by atoms with Gasteiger partial charge in [0.05, 0.1) is 5.69 Å². The number of hydrogen-bond donors (Lipinski definition) is 0. The summed E-state index contributed by atoms with van der Waals surface area (Å²) >= 11 is 0. The second-order valence-electron chi connectivity index (χ2n) is 9.83. The van der Waals surface area contributed by atoms with Crippen molar-refractivity contribution in [3.8, 4) is 28.1 Å². The van der Waals surface area contributed by atoms with Crippen LogP contribution in [-0.2, 0) is 11.2 Å². The average Bonchev–Trinajstić information content (AvgIpc) is 2.89. The first kappa shape index (κ1) is 27.6. The van der Waals surface area contributed by atoms with Crippen LogP contribution in [0.25, 0.3) is 22.4 Å². The van der Waals surface area contributed by atoms with Gasteiger partial charge in [-0.15, -0.1) is 0 Å². The zero-order valence-electron chi connectivity index (χ0n) is 22.1. The van der Waals surface area contributed by atoms with E-state index >= 15 is 0 Å². The van der Waals surface area contributed by atoms with Crippen LogP contribution in [0.1, 0.15) is 84.1 Å². The predicted molar refractivity (Wildman–Crippen MR) is 147 cm³/mol. The maximum Gasteiger partial charge on any atom is 0.348 e. The molecule has 0 amide bonds. The molecular formula is C32H40FNO2. The number of unbranched alkanes of at least 4 members (excludes halogenated alkanes) is 6. The second-order valence-corrected chi connectivity index (χ2v) is 9.83. The summed E-state index contributed by atoms with van der Waals surface area (Å²) in [6.45, 7) is 5.37. The molecule has 0 N–H and O–H groups in total. The summed E-state index contributed by atoms with van der Waals surface area (Å²) in [6, 6.07) is 19.6. The summed E-state index contributed by atoms with van der Waals surface area (Å²) in [5.74, 6) is -0.507. The summed E-state index contributed by atoms with van der Waals surface area (Å²) < 4.78 is 19.7. The Kier molecular flexibility index (Phi) is 10.7. The first-order valence-electron chi connectivity index (χ1n) is 13.5.